The van der Waals surface area contributed by atoms with Gasteiger partial charge in [0.05, 0.1) is 19.8 Å². The SMILES string of the molecule is CCCCC/C=C\CCCCCCCC(=O)OC(COCCCCCCCCCCCCCCCC)COC1OC(CO)C(O)C(OS(=O)(=O)O)C1O. The summed E-state index contributed by atoms with van der Waals surface area (Å²) in [7, 11) is -5.05. The molecule has 0 saturated carbocycles. The maximum atomic E-state index is 12.8. The third-order valence-electron chi connectivity index (χ3n) is 9.64. The van der Waals surface area contributed by atoms with Crippen LogP contribution in [0.3, 0.4) is 0 Å². The maximum Gasteiger partial charge on any atom is 0.397 e. The van der Waals surface area contributed by atoms with E-state index in [-0.39, 0.29) is 19.6 Å². The van der Waals surface area contributed by atoms with Crippen molar-refractivity contribution in [2.75, 3.05) is 26.4 Å². The summed E-state index contributed by atoms with van der Waals surface area (Å²) < 4.78 is 58.9. The van der Waals surface area contributed by atoms with E-state index in [2.05, 4.69) is 30.2 Å². The van der Waals surface area contributed by atoms with Gasteiger partial charge in [0, 0.05) is 13.0 Å². The minimum absolute atomic E-state index is 0.0377. The lowest BCUT2D eigenvalue weighted by Crippen LogP contribution is -2.60. The van der Waals surface area contributed by atoms with Crippen molar-refractivity contribution >= 4 is 16.4 Å². The molecule has 1 aliphatic rings. The third kappa shape index (κ3) is 27.1. The number of aliphatic hydroxyl groups is 3. The standard InChI is InChI=1S/C40H76O12S/c1-3-5-7-9-11-13-15-17-18-20-22-24-26-28-30-48-32-34(50-36(42)29-27-25-23-21-19-16-14-12-10-8-6-4-2)33-49-40-38(44)39(52-53(45,46)47)37(43)35(31-41)51-40/h12,14,34-35,37-41,43-44H,3-11,13,15-33H2,1-2H3,(H,45,46,47)/b14-12-. The highest BCUT2D eigenvalue weighted by molar-refractivity contribution is 7.80. The normalized spacial score (nSPS) is 21.4. The monoisotopic (exact) mass is 781 g/mol. The fourth-order valence-electron chi connectivity index (χ4n) is 6.43. The number of aliphatic hydroxyl groups excluding tert-OH is 3. The van der Waals surface area contributed by atoms with Gasteiger partial charge in [0.2, 0.25) is 0 Å². The van der Waals surface area contributed by atoms with Crippen LogP contribution in [0.4, 0.5) is 0 Å². The van der Waals surface area contributed by atoms with Crippen LogP contribution < -0.4 is 0 Å². The third-order valence-corrected chi connectivity index (χ3v) is 10.1. The summed E-state index contributed by atoms with van der Waals surface area (Å²) in [6.07, 6.45) is 23.9. The average Bonchev–Trinajstić information content (AvgIpc) is 3.12. The Balaban J connectivity index is 2.47. The first-order chi connectivity index (χ1) is 25.6. The van der Waals surface area contributed by atoms with E-state index in [1.165, 1.54) is 89.9 Å². The van der Waals surface area contributed by atoms with Crippen molar-refractivity contribution in [2.24, 2.45) is 0 Å². The van der Waals surface area contributed by atoms with E-state index in [1.54, 1.807) is 0 Å². The van der Waals surface area contributed by atoms with Crippen molar-refractivity contribution in [3.63, 3.8) is 0 Å². The van der Waals surface area contributed by atoms with Crippen molar-refractivity contribution in [1.29, 1.82) is 0 Å². The first kappa shape index (κ1) is 49.9. The highest BCUT2D eigenvalue weighted by atomic mass is 32.3. The van der Waals surface area contributed by atoms with Crippen LogP contribution in [0.2, 0.25) is 0 Å². The molecule has 0 bridgehead atoms. The van der Waals surface area contributed by atoms with Gasteiger partial charge in [0.25, 0.3) is 0 Å². The number of rotatable bonds is 36. The van der Waals surface area contributed by atoms with Gasteiger partial charge in [-0.2, -0.15) is 8.42 Å². The molecule has 53 heavy (non-hydrogen) atoms. The summed E-state index contributed by atoms with van der Waals surface area (Å²) in [6.45, 7) is 3.96. The molecule has 6 unspecified atom stereocenters. The molecule has 0 aliphatic carbocycles. The molecule has 0 spiro atoms. The number of esters is 1. The largest absolute Gasteiger partial charge is 0.457 e. The summed E-state index contributed by atoms with van der Waals surface area (Å²) >= 11 is 0. The fourth-order valence-corrected chi connectivity index (χ4v) is 6.94. The van der Waals surface area contributed by atoms with E-state index in [1.807, 2.05) is 0 Å². The predicted molar refractivity (Wildman–Crippen MR) is 207 cm³/mol. The van der Waals surface area contributed by atoms with Crippen molar-refractivity contribution in [2.45, 2.75) is 211 Å². The maximum absolute atomic E-state index is 12.8. The lowest BCUT2D eigenvalue weighted by molar-refractivity contribution is -0.301. The molecule has 1 fully saturated rings. The Labute approximate surface area is 321 Å². The van der Waals surface area contributed by atoms with Crippen LogP contribution in [-0.2, 0) is 38.3 Å². The van der Waals surface area contributed by atoms with Crippen LogP contribution in [0.15, 0.2) is 12.2 Å². The van der Waals surface area contributed by atoms with Crippen LogP contribution in [0.25, 0.3) is 0 Å². The van der Waals surface area contributed by atoms with E-state index in [0.29, 0.717) is 13.0 Å². The van der Waals surface area contributed by atoms with Gasteiger partial charge in [-0.3, -0.25) is 9.35 Å². The fraction of sp³-hybridized carbons (Fsp3) is 0.925. The van der Waals surface area contributed by atoms with Gasteiger partial charge in [0.15, 0.2) is 6.29 Å². The summed E-state index contributed by atoms with van der Waals surface area (Å²) in [5.41, 5.74) is 0. The van der Waals surface area contributed by atoms with Gasteiger partial charge in [-0.25, -0.2) is 4.18 Å². The molecular formula is C40H76O12S. The first-order valence-electron chi connectivity index (χ1n) is 20.9. The molecule has 0 amide bonds. The molecule has 0 aromatic rings. The lowest BCUT2D eigenvalue weighted by atomic mass is 9.99. The Kier molecular flexibility index (Phi) is 31.1. The van der Waals surface area contributed by atoms with Gasteiger partial charge in [0.1, 0.15) is 30.5 Å². The minimum Gasteiger partial charge on any atom is -0.457 e. The summed E-state index contributed by atoms with van der Waals surface area (Å²) in [5, 5.41) is 30.6. The van der Waals surface area contributed by atoms with Crippen LogP contribution in [0.5, 0.6) is 0 Å². The highest BCUT2D eigenvalue weighted by Gasteiger charge is 2.48. The topological polar surface area (TPSA) is 178 Å². The van der Waals surface area contributed by atoms with Gasteiger partial charge in [-0.1, -0.05) is 142 Å². The Morgan fingerprint density at radius 2 is 1.19 bits per heavy atom. The Bertz CT molecular complexity index is 994. The van der Waals surface area contributed by atoms with Crippen molar-refractivity contribution in [3.8, 4) is 0 Å². The van der Waals surface area contributed by atoms with Gasteiger partial charge >= 0.3 is 16.4 Å². The molecule has 4 N–H and O–H groups in total. The first-order valence-corrected chi connectivity index (χ1v) is 22.3. The van der Waals surface area contributed by atoms with E-state index in [9.17, 15) is 28.5 Å². The van der Waals surface area contributed by atoms with Crippen LogP contribution in [0, 0.1) is 0 Å². The Hall–Kier alpha value is -1.16. The average molecular weight is 781 g/mol. The summed E-state index contributed by atoms with van der Waals surface area (Å²) in [6, 6.07) is 0. The molecule has 0 aromatic carbocycles. The molecule has 12 nitrogen and oxygen atoms in total. The molecule has 1 rings (SSSR count). The number of ether oxygens (including phenoxy) is 4. The second-order valence-corrected chi connectivity index (χ2v) is 15.6. The van der Waals surface area contributed by atoms with Crippen molar-refractivity contribution < 1.29 is 56.2 Å². The molecule has 1 aliphatic heterocycles. The lowest BCUT2D eigenvalue weighted by Gasteiger charge is -2.41. The number of unbranched alkanes of at least 4 members (excludes halogenated alkanes) is 21. The second kappa shape index (κ2) is 33.0. The smallest absolute Gasteiger partial charge is 0.397 e. The number of carbonyl (C=O) groups is 1. The zero-order chi connectivity index (χ0) is 39.0. The number of hydrogen-bond acceptors (Lipinski definition) is 11. The molecular weight excluding hydrogens is 704 g/mol. The van der Waals surface area contributed by atoms with Crippen molar-refractivity contribution in [3.05, 3.63) is 12.2 Å². The number of carbonyl (C=O) groups excluding carboxylic acids is 1. The van der Waals surface area contributed by atoms with Crippen LogP contribution in [-0.4, -0.2) is 97.5 Å². The molecule has 6 atom stereocenters. The highest BCUT2D eigenvalue weighted by Crippen LogP contribution is 2.26. The van der Waals surface area contributed by atoms with E-state index < -0.39 is 59.8 Å². The summed E-state index contributed by atoms with van der Waals surface area (Å²) in [4.78, 5) is 12.8. The van der Waals surface area contributed by atoms with Crippen LogP contribution >= 0.6 is 0 Å². The van der Waals surface area contributed by atoms with E-state index in [4.69, 9.17) is 23.5 Å². The van der Waals surface area contributed by atoms with Gasteiger partial charge < -0.3 is 34.3 Å². The predicted octanol–water partition coefficient (Wildman–Crippen LogP) is 7.91. The second-order valence-electron chi connectivity index (χ2n) is 14.6. The van der Waals surface area contributed by atoms with Crippen molar-refractivity contribution in [1.82, 2.24) is 0 Å². The van der Waals surface area contributed by atoms with E-state index in [0.717, 1.165) is 57.8 Å². The summed E-state index contributed by atoms with van der Waals surface area (Å²) in [5.74, 6) is -0.407. The molecule has 1 saturated heterocycles. The molecule has 13 heteroatoms. The zero-order valence-corrected chi connectivity index (χ0v) is 33.9. The van der Waals surface area contributed by atoms with Gasteiger partial charge in [-0.15, -0.1) is 0 Å². The molecule has 0 radical (unpaired) electrons. The number of hydrogen-bond donors (Lipinski definition) is 4. The van der Waals surface area contributed by atoms with Crippen LogP contribution in [0.1, 0.15) is 174 Å². The zero-order valence-electron chi connectivity index (χ0n) is 33.1. The Morgan fingerprint density at radius 1 is 0.698 bits per heavy atom. The van der Waals surface area contributed by atoms with E-state index >= 15 is 0 Å². The minimum atomic E-state index is -5.05. The van der Waals surface area contributed by atoms with Gasteiger partial charge in [-0.05, 0) is 38.5 Å². The number of allylic oxidation sites excluding steroid dienone is 2. The quantitative estimate of drug-likeness (QED) is 0.0209. The molecule has 0 aromatic heterocycles. The Morgan fingerprint density at radius 3 is 1.74 bits per heavy atom. The molecule has 314 valence electrons. The molecule has 1 heterocycles.